The summed E-state index contributed by atoms with van der Waals surface area (Å²) in [6.07, 6.45) is 1.25. The van der Waals surface area contributed by atoms with E-state index < -0.39 is 21.8 Å². The van der Waals surface area contributed by atoms with Crippen LogP contribution < -0.4 is 4.72 Å². The van der Waals surface area contributed by atoms with E-state index in [1.807, 2.05) is 0 Å². The largest absolute Gasteiger partial charge is 0.481 e. The van der Waals surface area contributed by atoms with E-state index in [1.54, 1.807) is 6.07 Å². The molecule has 0 unspecified atom stereocenters. The molecule has 1 aromatic heterocycles. The minimum absolute atomic E-state index is 0.00163. The molecule has 0 saturated heterocycles. The molecule has 0 radical (unpaired) electrons. The zero-order chi connectivity index (χ0) is 14.8. The number of aliphatic carboxylic acids is 1. The monoisotopic (exact) mass is 300 g/mol. The summed E-state index contributed by atoms with van der Waals surface area (Å²) in [5, 5.41) is 8.47. The standard InChI is InChI=1S/C12H13FN2O4S/c13-8-3-1-4-9-12(8)10(7-14-9)20(18,19)15-6-2-5-11(16)17/h1,3-4,7,14-15H,2,5-6H2,(H,16,17). The molecule has 108 valence electrons. The highest BCUT2D eigenvalue weighted by atomic mass is 32.2. The lowest BCUT2D eigenvalue weighted by molar-refractivity contribution is -0.137. The van der Waals surface area contributed by atoms with Crippen molar-refractivity contribution >= 4 is 26.9 Å². The van der Waals surface area contributed by atoms with Gasteiger partial charge in [0.25, 0.3) is 0 Å². The quantitative estimate of drug-likeness (QED) is 0.703. The van der Waals surface area contributed by atoms with Gasteiger partial charge in [0.2, 0.25) is 10.0 Å². The molecule has 0 spiro atoms. The summed E-state index contributed by atoms with van der Waals surface area (Å²) < 4.78 is 40.1. The van der Waals surface area contributed by atoms with Crippen LogP contribution in [0.15, 0.2) is 29.3 Å². The molecular formula is C12H13FN2O4S. The maximum atomic E-state index is 13.7. The highest BCUT2D eigenvalue weighted by Crippen LogP contribution is 2.25. The maximum Gasteiger partial charge on any atom is 0.303 e. The normalized spacial score (nSPS) is 11.8. The summed E-state index contributed by atoms with van der Waals surface area (Å²) in [5.74, 6) is -1.63. The Morgan fingerprint density at radius 2 is 2.15 bits per heavy atom. The number of carbonyl (C=O) groups is 1. The van der Waals surface area contributed by atoms with Gasteiger partial charge in [0, 0.05) is 24.7 Å². The van der Waals surface area contributed by atoms with E-state index in [2.05, 4.69) is 9.71 Å². The van der Waals surface area contributed by atoms with Gasteiger partial charge < -0.3 is 10.1 Å². The second kappa shape index (κ2) is 5.59. The summed E-state index contributed by atoms with van der Waals surface area (Å²) in [6, 6.07) is 4.23. The van der Waals surface area contributed by atoms with Crippen molar-refractivity contribution < 1.29 is 22.7 Å². The first-order valence-electron chi connectivity index (χ1n) is 5.89. The van der Waals surface area contributed by atoms with Gasteiger partial charge in [0.1, 0.15) is 10.7 Å². The molecule has 0 atom stereocenters. The van der Waals surface area contributed by atoms with Crippen LogP contribution in [0.3, 0.4) is 0 Å². The van der Waals surface area contributed by atoms with Gasteiger partial charge in [0.05, 0.1) is 5.39 Å². The first-order valence-corrected chi connectivity index (χ1v) is 7.37. The van der Waals surface area contributed by atoms with Crippen LogP contribution in [0, 0.1) is 5.82 Å². The van der Waals surface area contributed by atoms with E-state index in [9.17, 15) is 17.6 Å². The number of rotatable bonds is 6. The Labute approximate surface area is 114 Å². The van der Waals surface area contributed by atoms with E-state index >= 15 is 0 Å². The Kier molecular flexibility index (Phi) is 4.05. The predicted molar refractivity (Wildman–Crippen MR) is 70.3 cm³/mol. The molecule has 3 N–H and O–H groups in total. The van der Waals surface area contributed by atoms with Gasteiger partial charge in [-0.3, -0.25) is 4.79 Å². The second-order valence-electron chi connectivity index (χ2n) is 4.21. The van der Waals surface area contributed by atoms with E-state index in [-0.39, 0.29) is 29.7 Å². The van der Waals surface area contributed by atoms with E-state index in [1.165, 1.54) is 18.3 Å². The number of H-pyrrole nitrogens is 1. The van der Waals surface area contributed by atoms with Gasteiger partial charge >= 0.3 is 5.97 Å². The van der Waals surface area contributed by atoms with Crippen LogP contribution in [-0.2, 0) is 14.8 Å². The average molecular weight is 300 g/mol. The fraction of sp³-hybridized carbons (Fsp3) is 0.250. The molecule has 0 aliphatic heterocycles. The Balaban J connectivity index is 2.22. The Hall–Kier alpha value is -1.93. The summed E-state index contributed by atoms with van der Waals surface area (Å²) in [4.78, 5) is 12.9. The topological polar surface area (TPSA) is 99.3 Å². The van der Waals surface area contributed by atoms with Crippen LogP contribution >= 0.6 is 0 Å². The Morgan fingerprint density at radius 3 is 2.85 bits per heavy atom. The van der Waals surface area contributed by atoms with Crippen molar-refractivity contribution in [1.29, 1.82) is 0 Å². The molecule has 20 heavy (non-hydrogen) atoms. The van der Waals surface area contributed by atoms with Gasteiger partial charge in [-0.25, -0.2) is 17.5 Å². The predicted octanol–water partition coefficient (Wildman–Crippen LogP) is 1.45. The van der Waals surface area contributed by atoms with Crippen molar-refractivity contribution in [3.63, 3.8) is 0 Å². The van der Waals surface area contributed by atoms with Gasteiger partial charge in [-0.1, -0.05) is 6.07 Å². The number of hydrogen-bond donors (Lipinski definition) is 3. The van der Waals surface area contributed by atoms with Crippen LogP contribution in [-0.4, -0.2) is 31.0 Å². The van der Waals surface area contributed by atoms with Crippen molar-refractivity contribution in [2.45, 2.75) is 17.7 Å². The minimum atomic E-state index is -3.88. The number of aromatic nitrogens is 1. The van der Waals surface area contributed by atoms with E-state index in [0.29, 0.717) is 5.52 Å². The van der Waals surface area contributed by atoms with Gasteiger partial charge in [-0.15, -0.1) is 0 Å². The SMILES string of the molecule is O=C(O)CCCNS(=O)(=O)c1c[nH]c2cccc(F)c12. The van der Waals surface area contributed by atoms with Crippen LogP contribution in [0.2, 0.25) is 0 Å². The molecule has 1 heterocycles. The molecule has 0 bridgehead atoms. The smallest absolute Gasteiger partial charge is 0.303 e. The van der Waals surface area contributed by atoms with Crippen molar-refractivity contribution in [2.75, 3.05) is 6.54 Å². The zero-order valence-corrected chi connectivity index (χ0v) is 11.2. The summed E-state index contributed by atoms with van der Waals surface area (Å²) in [6.45, 7) is -0.0181. The number of hydrogen-bond acceptors (Lipinski definition) is 3. The van der Waals surface area contributed by atoms with Crippen molar-refractivity contribution in [1.82, 2.24) is 9.71 Å². The summed E-state index contributed by atoms with van der Waals surface area (Å²) in [5.41, 5.74) is 0.385. The molecule has 0 fully saturated rings. The zero-order valence-electron chi connectivity index (χ0n) is 10.4. The van der Waals surface area contributed by atoms with E-state index in [4.69, 9.17) is 5.11 Å². The highest BCUT2D eigenvalue weighted by Gasteiger charge is 2.20. The van der Waals surface area contributed by atoms with E-state index in [0.717, 1.165) is 0 Å². The Bertz CT molecular complexity index is 739. The average Bonchev–Trinajstić information content (AvgIpc) is 2.80. The molecule has 0 amide bonds. The number of halogens is 1. The number of fused-ring (bicyclic) bond motifs is 1. The lowest BCUT2D eigenvalue weighted by atomic mass is 10.2. The molecule has 0 aliphatic carbocycles. The molecule has 0 aliphatic rings. The number of carboxylic acid groups (broad SMARTS) is 1. The molecule has 8 heteroatoms. The second-order valence-corrected chi connectivity index (χ2v) is 5.95. The number of sulfonamides is 1. The molecular weight excluding hydrogens is 287 g/mol. The highest BCUT2D eigenvalue weighted by molar-refractivity contribution is 7.89. The van der Waals surface area contributed by atoms with Gasteiger partial charge in [-0.05, 0) is 18.6 Å². The van der Waals surface area contributed by atoms with Crippen molar-refractivity contribution in [2.24, 2.45) is 0 Å². The van der Waals surface area contributed by atoms with Crippen LogP contribution in [0.1, 0.15) is 12.8 Å². The third kappa shape index (κ3) is 2.97. The molecule has 1 aromatic carbocycles. The lowest BCUT2D eigenvalue weighted by Gasteiger charge is -2.05. The first kappa shape index (κ1) is 14.5. The first-order chi connectivity index (χ1) is 9.42. The maximum absolute atomic E-state index is 13.7. The molecule has 6 nitrogen and oxygen atoms in total. The van der Waals surface area contributed by atoms with Crippen LogP contribution in [0.25, 0.3) is 10.9 Å². The summed E-state index contributed by atoms with van der Waals surface area (Å²) in [7, 11) is -3.88. The minimum Gasteiger partial charge on any atom is -0.481 e. The van der Waals surface area contributed by atoms with Crippen molar-refractivity contribution in [3.8, 4) is 0 Å². The van der Waals surface area contributed by atoms with Crippen molar-refractivity contribution in [3.05, 3.63) is 30.2 Å². The number of benzene rings is 1. The number of nitrogens with one attached hydrogen (secondary N) is 2. The number of carboxylic acids is 1. The third-order valence-electron chi connectivity index (χ3n) is 2.77. The molecule has 2 rings (SSSR count). The third-order valence-corrected chi connectivity index (χ3v) is 4.25. The lowest BCUT2D eigenvalue weighted by Crippen LogP contribution is -2.25. The van der Waals surface area contributed by atoms with Crippen LogP contribution in [0.5, 0.6) is 0 Å². The Morgan fingerprint density at radius 1 is 1.40 bits per heavy atom. The fourth-order valence-electron chi connectivity index (χ4n) is 1.85. The molecule has 0 saturated carbocycles. The summed E-state index contributed by atoms with van der Waals surface area (Å²) >= 11 is 0. The molecule has 2 aromatic rings. The van der Waals surface area contributed by atoms with Gasteiger partial charge in [0.15, 0.2) is 0 Å². The van der Waals surface area contributed by atoms with Gasteiger partial charge in [-0.2, -0.15) is 0 Å². The van der Waals surface area contributed by atoms with Crippen LogP contribution in [0.4, 0.5) is 4.39 Å². The number of aromatic amines is 1. The fourth-order valence-corrected chi connectivity index (χ4v) is 3.10.